The number of carboxylic acid groups (broad SMARTS) is 1. The topological polar surface area (TPSA) is 92.4 Å². The number of hydrogen-bond acceptors (Lipinski definition) is 3. The molecule has 0 aliphatic heterocycles. The second-order valence-corrected chi connectivity index (χ2v) is 4.73. The summed E-state index contributed by atoms with van der Waals surface area (Å²) in [5.41, 5.74) is 4.07. The van der Waals surface area contributed by atoms with Gasteiger partial charge in [0.2, 0.25) is 5.91 Å². The number of rotatable bonds is 8. The molecule has 0 aromatic heterocycles. The predicted octanol–water partition coefficient (Wildman–Crippen LogP) is 0.731. The van der Waals surface area contributed by atoms with E-state index in [1.165, 1.54) is 0 Å². The van der Waals surface area contributed by atoms with Crippen LogP contribution >= 0.6 is 0 Å². The minimum Gasteiger partial charge on any atom is -0.480 e. The van der Waals surface area contributed by atoms with Crippen molar-refractivity contribution >= 4 is 11.9 Å². The number of nitrogens with one attached hydrogen (secondary N) is 1. The van der Waals surface area contributed by atoms with Crippen molar-refractivity contribution in [3.05, 3.63) is 0 Å². The molecule has 4 N–H and O–H groups in total. The van der Waals surface area contributed by atoms with Crippen LogP contribution in [-0.2, 0) is 9.59 Å². The Kier molecular flexibility index (Phi) is 6.03. The van der Waals surface area contributed by atoms with Gasteiger partial charge in [-0.05, 0) is 32.2 Å². The first-order valence-corrected chi connectivity index (χ1v) is 5.54. The molecule has 0 fully saturated rings. The maximum Gasteiger partial charge on any atom is 0.323 e. The molecular formula is C11H22N2O3. The van der Waals surface area contributed by atoms with Crippen molar-refractivity contribution in [3.63, 3.8) is 0 Å². The maximum atomic E-state index is 11.1. The molecule has 0 heterocycles. The zero-order chi connectivity index (χ0) is 12.8. The van der Waals surface area contributed by atoms with E-state index in [1.54, 1.807) is 6.92 Å². The average Bonchev–Trinajstić information content (AvgIpc) is 2.10. The molecule has 0 spiro atoms. The van der Waals surface area contributed by atoms with Crippen LogP contribution in [0.2, 0.25) is 0 Å². The smallest absolute Gasteiger partial charge is 0.323 e. The Bertz CT molecular complexity index is 254. The van der Waals surface area contributed by atoms with Crippen molar-refractivity contribution < 1.29 is 14.7 Å². The molecule has 0 saturated carbocycles. The van der Waals surface area contributed by atoms with Crippen molar-refractivity contribution in [2.75, 3.05) is 6.54 Å². The second kappa shape index (κ2) is 6.48. The Morgan fingerprint density at radius 3 is 2.38 bits per heavy atom. The first-order chi connectivity index (χ1) is 7.28. The molecule has 94 valence electrons. The minimum atomic E-state index is -0.925. The third kappa shape index (κ3) is 5.70. The largest absolute Gasteiger partial charge is 0.480 e. The summed E-state index contributed by atoms with van der Waals surface area (Å²) in [4.78, 5) is 21.6. The molecule has 0 rings (SSSR count). The lowest BCUT2D eigenvalue weighted by atomic mass is 9.90. The molecule has 0 aliphatic carbocycles. The molecular weight excluding hydrogens is 208 g/mol. The highest BCUT2D eigenvalue weighted by Crippen LogP contribution is 2.16. The standard InChI is InChI=1S/C11H22N2O3/c1-8(2)7-11(3,10(15)16)13-6-4-5-9(12)14/h8,13H,4-7H2,1-3H3,(H2,12,14)(H,15,16). The van der Waals surface area contributed by atoms with Crippen LogP contribution in [-0.4, -0.2) is 29.1 Å². The third-order valence-electron chi connectivity index (χ3n) is 2.40. The Balaban J connectivity index is 4.13. The number of primary amides is 1. The molecule has 0 aromatic carbocycles. The van der Waals surface area contributed by atoms with E-state index in [-0.39, 0.29) is 12.3 Å². The summed E-state index contributed by atoms with van der Waals surface area (Å²) in [6.07, 6.45) is 1.40. The average molecular weight is 230 g/mol. The fraction of sp³-hybridized carbons (Fsp3) is 0.818. The molecule has 0 saturated heterocycles. The lowest BCUT2D eigenvalue weighted by Gasteiger charge is -2.28. The van der Waals surface area contributed by atoms with Gasteiger partial charge < -0.3 is 16.2 Å². The lowest BCUT2D eigenvalue weighted by molar-refractivity contribution is -0.144. The summed E-state index contributed by atoms with van der Waals surface area (Å²) in [6, 6.07) is 0. The first kappa shape index (κ1) is 14.9. The summed E-state index contributed by atoms with van der Waals surface area (Å²) in [5.74, 6) is -0.923. The van der Waals surface area contributed by atoms with Gasteiger partial charge in [-0.25, -0.2) is 0 Å². The normalized spacial score (nSPS) is 14.8. The van der Waals surface area contributed by atoms with Crippen LogP contribution in [0.15, 0.2) is 0 Å². The minimum absolute atomic E-state index is 0.282. The van der Waals surface area contributed by atoms with E-state index in [0.717, 1.165) is 0 Å². The van der Waals surface area contributed by atoms with Gasteiger partial charge in [0, 0.05) is 6.42 Å². The summed E-state index contributed by atoms with van der Waals surface area (Å²) in [5, 5.41) is 12.1. The summed E-state index contributed by atoms with van der Waals surface area (Å²) in [6.45, 7) is 6.11. The van der Waals surface area contributed by atoms with Crippen LogP contribution in [0.5, 0.6) is 0 Å². The number of amides is 1. The molecule has 16 heavy (non-hydrogen) atoms. The molecule has 0 bridgehead atoms. The zero-order valence-corrected chi connectivity index (χ0v) is 10.2. The van der Waals surface area contributed by atoms with Gasteiger partial charge in [-0.3, -0.25) is 9.59 Å². The monoisotopic (exact) mass is 230 g/mol. The molecule has 5 nitrogen and oxygen atoms in total. The van der Waals surface area contributed by atoms with E-state index in [2.05, 4.69) is 5.32 Å². The van der Waals surface area contributed by atoms with Crippen molar-refractivity contribution in [2.24, 2.45) is 11.7 Å². The van der Waals surface area contributed by atoms with Gasteiger partial charge in [0.05, 0.1) is 0 Å². The Morgan fingerprint density at radius 2 is 2.00 bits per heavy atom. The van der Waals surface area contributed by atoms with Gasteiger partial charge in [-0.15, -0.1) is 0 Å². The van der Waals surface area contributed by atoms with Gasteiger partial charge in [0.25, 0.3) is 0 Å². The SMILES string of the molecule is CC(C)CC(C)(NCCCC(N)=O)C(=O)O. The summed E-state index contributed by atoms with van der Waals surface area (Å²) in [7, 11) is 0. The molecule has 5 heteroatoms. The number of carbonyl (C=O) groups excluding carboxylic acids is 1. The van der Waals surface area contributed by atoms with Crippen LogP contribution in [0.3, 0.4) is 0 Å². The van der Waals surface area contributed by atoms with Gasteiger partial charge >= 0.3 is 5.97 Å². The Hall–Kier alpha value is -1.10. The molecule has 0 aromatic rings. The Labute approximate surface area is 96.4 Å². The van der Waals surface area contributed by atoms with E-state index in [4.69, 9.17) is 10.8 Å². The molecule has 0 radical (unpaired) electrons. The van der Waals surface area contributed by atoms with E-state index < -0.39 is 11.5 Å². The van der Waals surface area contributed by atoms with Gasteiger partial charge in [0.1, 0.15) is 5.54 Å². The quantitative estimate of drug-likeness (QED) is 0.536. The number of carbonyl (C=O) groups is 2. The van der Waals surface area contributed by atoms with E-state index in [9.17, 15) is 9.59 Å². The van der Waals surface area contributed by atoms with E-state index >= 15 is 0 Å². The molecule has 0 aliphatic rings. The highest BCUT2D eigenvalue weighted by Gasteiger charge is 2.32. The fourth-order valence-corrected chi connectivity index (χ4v) is 1.68. The molecule has 1 atom stereocenters. The van der Waals surface area contributed by atoms with Crippen LogP contribution in [0.4, 0.5) is 0 Å². The van der Waals surface area contributed by atoms with Gasteiger partial charge in [-0.1, -0.05) is 13.8 Å². The first-order valence-electron chi connectivity index (χ1n) is 5.54. The van der Waals surface area contributed by atoms with Crippen LogP contribution < -0.4 is 11.1 Å². The maximum absolute atomic E-state index is 11.1. The van der Waals surface area contributed by atoms with Crippen LogP contribution in [0.25, 0.3) is 0 Å². The highest BCUT2D eigenvalue weighted by atomic mass is 16.4. The number of aliphatic carboxylic acids is 1. The van der Waals surface area contributed by atoms with Gasteiger partial charge in [0.15, 0.2) is 0 Å². The lowest BCUT2D eigenvalue weighted by Crippen LogP contribution is -2.50. The van der Waals surface area contributed by atoms with Crippen LogP contribution in [0.1, 0.15) is 40.0 Å². The van der Waals surface area contributed by atoms with E-state index in [0.29, 0.717) is 25.3 Å². The molecule has 1 amide bonds. The second-order valence-electron chi connectivity index (χ2n) is 4.73. The van der Waals surface area contributed by atoms with Crippen molar-refractivity contribution in [1.82, 2.24) is 5.32 Å². The summed E-state index contributed by atoms with van der Waals surface area (Å²) >= 11 is 0. The fourth-order valence-electron chi connectivity index (χ4n) is 1.68. The van der Waals surface area contributed by atoms with Crippen LogP contribution in [0, 0.1) is 5.92 Å². The van der Waals surface area contributed by atoms with Gasteiger partial charge in [-0.2, -0.15) is 0 Å². The molecule has 1 unspecified atom stereocenters. The highest BCUT2D eigenvalue weighted by molar-refractivity contribution is 5.78. The number of hydrogen-bond donors (Lipinski definition) is 3. The van der Waals surface area contributed by atoms with Crippen molar-refractivity contribution in [3.8, 4) is 0 Å². The third-order valence-corrected chi connectivity index (χ3v) is 2.40. The number of carboxylic acids is 1. The van der Waals surface area contributed by atoms with E-state index in [1.807, 2.05) is 13.8 Å². The Morgan fingerprint density at radius 1 is 1.44 bits per heavy atom. The number of nitrogens with two attached hydrogens (primary N) is 1. The zero-order valence-electron chi connectivity index (χ0n) is 10.2. The predicted molar refractivity (Wildman–Crippen MR) is 61.9 cm³/mol. The van der Waals surface area contributed by atoms with Crippen molar-refractivity contribution in [2.45, 2.75) is 45.6 Å². The summed E-state index contributed by atoms with van der Waals surface area (Å²) < 4.78 is 0. The van der Waals surface area contributed by atoms with Crippen molar-refractivity contribution in [1.29, 1.82) is 0 Å².